The Morgan fingerprint density at radius 2 is 0.944 bits per heavy atom. The number of aryl methyl sites for hydroxylation is 2. The molecular weight excluding hydrogens is 675 g/mol. The van der Waals surface area contributed by atoms with Crippen molar-refractivity contribution in [1.29, 1.82) is 0 Å². The zero-order valence-electron chi connectivity index (χ0n) is 31.3. The van der Waals surface area contributed by atoms with Gasteiger partial charge in [0.2, 0.25) is 12.6 Å². The number of hydrogen-bond donors (Lipinski definition) is 0. The van der Waals surface area contributed by atoms with E-state index >= 15 is 0 Å². The molecule has 5 aromatic carbocycles. The normalized spacial score (nSPS) is 12.1. The number of allylic oxidation sites excluding steroid dienone is 2. The van der Waals surface area contributed by atoms with Crippen LogP contribution >= 0.6 is 0 Å². The number of hydrogen-bond acceptors (Lipinski definition) is 7. The summed E-state index contributed by atoms with van der Waals surface area (Å²) in [6, 6.07) is 40.8. The second-order valence-electron chi connectivity index (χ2n) is 12.7. The molecule has 0 aliphatic carbocycles. The molecule has 0 saturated heterocycles. The van der Waals surface area contributed by atoms with Crippen LogP contribution in [-0.4, -0.2) is 24.5 Å². The topological polar surface area (TPSA) is 74.3 Å². The summed E-state index contributed by atoms with van der Waals surface area (Å²) in [4.78, 5) is 25.5. The molecule has 0 aliphatic rings. The van der Waals surface area contributed by atoms with Gasteiger partial charge in [-0.05, 0) is 109 Å². The molecule has 0 N–H and O–H groups in total. The van der Waals surface area contributed by atoms with E-state index in [9.17, 15) is 9.59 Å². The third-order valence-corrected chi connectivity index (χ3v) is 8.33. The average Bonchev–Trinajstić information content (AvgIpc) is 3.16. The summed E-state index contributed by atoms with van der Waals surface area (Å²) in [6.45, 7) is 16.4. The first-order valence-corrected chi connectivity index (χ1v) is 17.6. The maximum atomic E-state index is 11.6. The van der Waals surface area contributed by atoms with E-state index in [-0.39, 0.29) is 0 Å². The summed E-state index contributed by atoms with van der Waals surface area (Å²) in [7, 11) is 0. The van der Waals surface area contributed by atoms with Gasteiger partial charge in [-0.2, -0.15) is 0 Å². The molecule has 2 atom stereocenters. The van der Waals surface area contributed by atoms with E-state index in [0.717, 1.165) is 57.1 Å². The predicted octanol–water partition coefficient (Wildman–Crippen LogP) is 11.2. The Bertz CT molecular complexity index is 1990. The largest absolute Gasteiger partial charge is 0.455 e. The van der Waals surface area contributed by atoms with Crippen molar-refractivity contribution in [3.8, 4) is 11.5 Å². The van der Waals surface area contributed by atoms with Crippen LogP contribution in [0.15, 0.2) is 158 Å². The van der Waals surface area contributed by atoms with E-state index in [4.69, 9.17) is 18.9 Å². The number of nitrogens with zero attached hydrogens (tertiary/aromatic N) is 1. The number of rotatable bonds is 15. The number of benzene rings is 5. The lowest BCUT2D eigenvalue weighted by atomic mass is 9.95. The number of esters is 2. The van der Waals surface area contributed by atoms with Crippen LogP contribution in [0.5, 0.6) is 11.5 Å². The summed E-state index contributed by atoms with van der Waals surface area (Å²) in [5.74, 6) is -0.0209. The van der Waals surface area contributed by atoms with Gasteiger partial charge in [-0.3, -0.25) is 0 Å². The van der Waals surface area contributed by atoms with Crippen molar-refractivity contribution in [3.63, 3.8) is 0 Å². The number of carbonyl (C=O) groups is 2. The van der Waals surface area contributed by atoms with Crippen molar-refractivity contribution in [2.45, 2.75) is 47.2 Å². The van der Waals surface area contributed by atoms with Crippen LogP contribution in [-0.2, 0) is 19.1 Å². The Kier molecular flexibility index (Phi) is 13.1. The van der Waals surface area contributed by atoms with Crippen molar-refractivity contribution in [2.75, 3.05) is 4.90 Å². The van der Waals surface area contributed by atoms with Gasteiger partial charge in [0.25, 0.3) is 0 Å². The number of ether oxygens (including phenoxy) is 4. The van der Waals surface area contributed by atoms with Gasteiger partial charge in [0, 0.05) is 43.1 Å². The smallest absolute Gasteiger partial charge is 0.333 e. The van der Waals surface area contributed by atoms with Crippen molar-refractivity contribution in [2.24, 2.45) is 0 Å². The van der Waals surface area contributed by atoms with Gasteiger partial charge in [-0.25, -0.2) is 9.59 Å². The number of carbonyl (C=O) groups excluding carboxylic acids is 2. The van der Waals surface area contributed by atoms with E-state index in [0.29, 0.717) is 11.5 Å². The summed E-state index contributed by atoms with van der Waals surface area (Å²) < 4.78 is 21.9. The highest BCUT2D eigenvalue weighted by Gasteiger charge is 2.14. The molecule has 0 bridgehead atoms. The second kappa shape index (κ2) is 18.2. The van der Waals surface area contributed by atoms with E-state index in [1.165, 1.54) is 11.1 Å². The third kappa shape index (κ3) is 10.7. The Labute approximate surface area is 318 Å². The van der Waals surface area contributed by atoms with Crippen LogP contribution in [0.1, 0.15) is 48.6 Å². The molecule has 0 saturated carbocycles. The van der Waals surface area contributed by atoms with Gasteiger partial charge in [0.1, 0.15) is 11.5 Å². The lowest BCUT2D eigenvalue weighted by molar-refractivity contribution is -0.156. The zero-order chi connectivity index (χ0) is 38.6. The van der Waals surface area contributed by atoms with Crippen molar-refractivity contribution in [1.82, 2.24) is 0 Å². The number of anilines is 3. The first-order chi connectivity index (χ1) is 26.0. The minimum Gasteiger partial charge on any atom is -0.455 e. The van der Waals surface area contributed by atoms with E-state index in [1.54, 1.807) is 13.8 Å². The van der Waals surface area contributed by atoms with Gasteiger partial charge in [0.15, 0.2) is 0 Å². The summed E-state index contributed by atoms with van der Waals surface area (Å²) in [5.41, 5.74) is 10.6. The molecule has 7 heteroatoms. The van der Waals surface area contributed by atoms with Crippen molar-refractivity contribution in [3.05, 3.63) is 186 Å². The first-order valence-electron chi connectivity index (χ1n) is 17.6. The first kappa shape index (κ1) is 38.6. The highest BCUT2D eigenvalue weighted by atomic mass is 16.7. The maximum Gasteiger partial charge on any atom is 0.333 e. The molecule has 0 radical (unpaired) electrons. The fraction of sp³-hybridized carbons (Fsp3) is 0.149. The molecule has 0 amide bonds. The van der Waals surface area contributed by atoms with Crippen molar-refractivity contribution < 1.29 is 28.5 Å². The molecule has 54 heavy (non-hydrogen) atoms. The third-order valence-electron chi connectivity index (χ3n) is 8.33. The quantitative estimate of drug-likeness (QED) is 0.0461. The fourth-order valence-corrected chi connectivity index (χ4v) is 5.70. The lowest BCUT2D eigenvalue weighted by Gasteiger charge is -2.26. The Hall–Kier alpha value is -6.60. The molecule has 7 nitrogen and oxygen atoms in total. The van der Waals surface area contributed by atoms with Crippen LogP contribution in [0, 0.1) is 13.8 Å². The fourth-order valence-electron chi connectivity index (χ4n) is 5.70. The zero-order valence-corrected chi connectivity index (χ0v) is 31.3. The molecule has 274 valence electrons. The Morgan fingerprint density at radius 1 is 0.574 bits per heavy atom. The van der Waals surface area contributed by atoms with Crippen molar-refractivity contribution >= 4 is 40.6 Å². The van der Waals surface area contributed by atoms with E-state index in [2.05, 4.69) is 124 Å². The molecule has 0 aromatic heterocycles. The summed E-state index contributed by atoms with van der Waals surface area (Å²) in [6.07, 6.45) is 4.91. The van der Waals surface area contributed by atoms with Crippen LogP contribution in [0.4, 0.5) is 17.1 Å². The van der Waals surface area contributed by atoms with Gasteiger partial charge in [-0.1, -0.05) is 97.1 Å². The Morgan fingerprint density at radius 3 is 1.31 bits per heavy atom. The maximum absolute atomic E-state index is 11.6. The molecule has 5 rings (SSSR count). The van der Waals surface area contributed by atoms with Crippen LogP contribution in [0.3, 0.4) is 0 Å². The average molecular weight is 720 g/mol. The van der Waals surface area contributed by atoms with Crippen LogP contribution in [0.2, 0.25) is 0 Å². The highest BCUT2D eigenvalue weighted by molar-refractivity contribution is 5.84. The van der Waals surface area contributed by atoms with Gasteiger partial charge in [-0.15, -0.1) is 0 Å². The highest BCUT2D eigenvalue weighted by Crippen LogP contribution is 2.35. The SMILES string of the molecule is C=CC(=O)OC(C)Oc1ccc(C(=CC(C)=Cc2ccc(N(c3ccc(C)cc3)c3ccc(C)cc3)cc2)c2ccc(OC(C)OC(=O)C=C)cc2)cc1. The van der Waals surface area contributed by atoms with Gasteiger partial charge in [0.05, 0.1) is 0 Å². The predicted molar refractivity (Wildman–Crippen MR) is 217 cm³/mol. The van der Waals surface area contributed by atoms with Gasteiger partial charge < -0.3 is 23.8 Å². The van der Waals surface area contributed by atoms with Crippen LogP contribution in [0.25, 0.3) is 11.6 Å². The minimum atomic E-state index is -0.783. The second-order valence-corrected chi connectivity index (χ2v) is 12.7. The molecule has 0 aliphatic heterocycles. The van der Waals surface area contributed by atoms with E-state index in [1.807, 2.05) is 48.5 Å². The van der Waals surface area contributed by atoms with Crippen LogP contribution < -0.4 is 14.4 Å². The van der Waals surface area contributed by atoms with Gasteiger partial charge >= 0.3 is 11.9 Å². The molecule has 0 fully saturated rings. The molecular formula is C47H45NO6. The van der Waals surface area contributed by atoms with E-state index < -0.39 is 24.5 Å². The standard InChI is InChI=1S/C47H45NO6/c1-8-46(49)53-35(6)51-43-26-16-38(17-27-43)45(39-18-28-44(29-19-39)52-36(7)54-47(50)9-2)31-34(5)30-37-14-24-42(25-15-37)48(40-20-10-32(3)11-21-40)41-22-12-33(4)13-23-41/h8-31,35-36H,1-2H2,3-7H3. The molecule has 0 heterocycles. The summed E-state index contributed by atoms with van der Waals surface area (Å²) >= 11 is 0. The minimum absolute atomic E-state index is 0.548. The molecule has 5 aromatic rings. The summed E-state index contributed by atoms with van der Waals surface area (Å²) in [5, 5.41) is 0. The molecule has 2 unspecified atom stereocenters. The lowest BCUT2D eigenvalue weighted by Crippen LogP contribution is -2.19. The Balaban J connectivity index is 1.44. The monoisotopic (exact) mass is 719 g/mol. The molecule has 0 spiro atoms.